The van der Waals surface area contributed by atoms with Gasteiger partial charge in [-0.15, -0.1) is 0 Å². The van der Waals surface area contributed by atoms with Crippen molar-refractivity contribution in [1.29, 1.82) is 0 Å². The van der Waals surface area contributed by atoms with Crippen LogP contribution in [-0.2, 0) is 9.47 Å². The van der Waals surface area contributed by atoms with Crippen LogP contribution >= 0.6 is 12.2 Å². The van der Waals surface area contributed by atoms with Crippen molar-refractivity contribution in [3.05, 3.63) is 52.5 Å². The molecule has 0 saturated heterocycles. The smallest absolute Gasteiger partial charge is 0.338 e. The third-order valence-electron chi connectivity index (χ3n) is 3.33. The highest BCUT2D eigenvalue weighted by Gasteiger charge is 2.11. The fourth-order valence-electron chi connectivity index (χ4n) is 2.23. The van der Waals surface area contributed by atoms with Gasteiger partial charge in [0, 0.05) is 17.9 Å². The SMILES string of the molecule is COCCOC(=O)c1ccc2c(=S)c3ccccc3oc2c1. The summed E-state index contributed by atoms with van der Waals surface area (Å²) in [5.41, 5.74) is 1.70. The van der Waals surface area contributed by atoms with Gasteiger partial charge in [-0.1, -0.05) is 24.4 Å². The van der Waals surface area contributed by atoms with Gasteiger partial charge in [0.1, 0.15) is 17.8 Å². The monoisotopic (exact) mass is 314 g/mol. The average Bonchev–Trinajstić information content (AvgIpc) is 2.55. The highest BCUT2D eigenvalue weighted by molar-refractivity contribution is 7.72. The standard InChI is InChI=1S/C17H14O4S/c1-19-8-9-20-17(18)11-6-7-13-15(10-11)21-14-5-3-2-4-12(14)16(13)22/h2-7,10H,8-9H2,1H3. The predicted octanol–water partition coefficient (Wildman–Crippen LogP) is 4.12. The van der Waals surface area contributed by atoms with Crippen LogP contribution < -0.4 is 0 Å². The van der Waals surface area contributed by atoms with E-state index in [-0.39, 0.29) is 6.61 Å². The molecular weight excluding hydrogens is 300 g/mol. The molecule has 3 rings (SSSR count). The van der Waals surface area contributed by atoms with E-state index in [1.807, 2.05) is 24.3 Å². The van der Waals surface area contributed by atoms with Gasteiger partial charge in [0.15, 0.2) is 0 Å². The fraction of sp³-hybridized carbons (Fsp3) is 0.176. The molecule has 4 nitrogen and oxygen atoms in total. The van der Waals surface area contributed by atoms with Gasteiger partial charge in [-0.05, 0) is 30.3 Å². The summed E-state index contributed by atoms with van der Waals surface area (Å²) in [6, 6.07) is 12.7. The molecular formula is C17H14O4S. The number of carbonyl (C=O) groups is 1. The van der Waals surface area contributed by atoms with Crippen molar-refractivity contribution in [2.24, 2.45) is 0 Å². The number of methoxy groups -OCH3 is 1. The highest BCUT2D eigenvalue weighted by atomic mass is 32.1. The van der Waals surface area contributed by atoms with Crippen molar-refractivity contribution in [2.75, 3.05) is 20.3 Å². The van der Waals surface area contributed by atoms with Crippen LogP contribution in [-0.4, -0.2) is 26.3 Å². The van der Waals surface area contributed by atoms with Crippen molar-refractivity contribution in [1.82, 2.24) is 0 Å². The lowest BCUT2D eigenvalue weighted by Crippen LogP contribution is -2.09. The van der Waals surface area contributed by atoms with Gasteiger partial charge < -0.3 is 13.9 Å². The van der Waals surface area contributed by atoms with Crippen molar-refractivity contribution < 1.29 is 18.7 Å². The molecule has 3 aromatic rings. The zero-order chi connectivity index (χ0) is 15.5. The van der Waals surface area contributed by atoms with Gasteiger partial charge in [-0.3, -0.25) is 0 Å². The first-order chi connectivity index (χ1) is 10.7. The molecule has 112 valence electrons. The molecule has 0 aliphatic heterocycles. The van der Waals surface area contributed by atoms with E-state index in [9.17, 15) is 4.79 Å². The Morgan fingerprint density at radius 1 is 1.09 bits per heavy atom. The number of hydrogen-bond donors (Lipinski definition) is 0. The Morgan fingerprint density at radius 3 is 2.68 bits per heavy atom. The normalized spacial score (nSPS) is 11.0. The first-order valence-corrected chi connectivity index (χ1v) is 7.23. The second kappa shape index (κ2) is 6.25. The van der Waals surface area contributed by atoms with Crippen LogP contribution in [0.1, 0.15) is 10.4 Å². The Hall–Kier alpha value is -2.24. The Morgan fingerprint density at radius 2 is 1.86 bits per heavy atom. The summed E-state index contributed by atoms with van der Waals surface area (Å²) in [5.74, 6) is -0.409. The topological polar surface area (TPSA) is 48.7 Å². The minimum atomic E-state index is -0.409. The van der Waals surface area contributed by atoms with Crippen LogP contribution in [0.3, 0.4) is 0 Å². The summed E-state index contributed by atoms with van der Waals surface area (Å²) in [4.78, 5) is 12.0. The maximum atomic E-state index is 12.0. The van der Waals surface area contributed by atoms with Gasteiger partial charge in [0.2, 0.25) is 0 Å². The van der Waals surface area contributed by atoms with E-state index >= 15 is 0 Å². The summed E-state index contributed by atoms with van der Waals surface area (Å²) in [7, 11) is 1.55. The number of rotatable bonds is 4. The molecule has 0 N–H and O–H groups in total. The molecule has 0 radical (unpaired) electrons. The maximum absolute atomic E-state index is 12.0. The number of benzene rings is 2. The lowest BCUT2D eigenvalue weighted by Gasteiger charge is -2.06. The summed E-state index contributed by atoms with van der Waals surface area (Å²) in [6.45, 7) is 0.583. The van der Waals surface area contributed by atoms with E-state index in [0.717, 1.165) is 15.3 Å². The Kier molecular flexibility index (Phi) is 4.18. The van der Waals surface area contributed by atoms with E-state index in [4.69, 9.17) is 26.1 Å². The molecule has 22 heavy (non-hydrogen) atoms. The number of hydrogen-bond acceptors (Lipinski definition) is 5. The molecule has 0 spiro atoms. The van der Waals surface area contributed by atoms with E-state index in [2.05, 4.69) is 0 Å². The number of para-hydroxylation sites is 1. The zero-order valence-corrected chi connectivity index (χ0v) is 12.8. The average molecular weight is 314 g/mol. The Bertz CT molecular complexity index is 898. The molecule has 1 aromatic heterocycles. The van der Waals surface area contributed by atoms with Crippen LogP contribution in [0.15, 0.2) is 46.9 Å². The fourth-order valence-corrected chi connectivity index (χ4v) is 2.57. The molecule has 5 heteroatoms. The number of ether oxygens (including phenoxy) is 2. The lowest BCUT2D eigenvalue weighted by atomic mass is 10.1. The molecule has 0 fully saturated rings. The number of fused-ring (bicyclic) bond motifs is 2. The Labute approximate surface area is 132 Å². The van der Waals surface area contributed by atoms with E-state index in [1.54, 1.807) is 25.3 Å². The first kappa shape index (κ1) is 14.7. The number of esters is 1. The molecule has 0 bridgehead atoms. The second-order valence-electron chi connectivity index (χ2n) is 4.77. The van der Waals surface area contributed by atoms with Gasteiger partial charge in [-0.2, -0.15) is 0 Å². The van der Waals surface area contributed by atoms with E-state index < -0.39 is 5.97 Å². The first-order valence-electron chi connectivity index (χ1n) is 6.82. The summed E-state index contributed by atoms with van der Waals surface area (Å²) < 4.78 is 16.5. The van der Waals surface area contributed by atoms with E-state index in [1.165, 1.54) is 0 Å². The second-order valence-corrected chi connectivity index (χ2v) is 5.18. The third-order valence-corrected chi connectivity index (χ3v) is 3.77. The predicted molar refractivity (Wildman–Crippen MR) is 86.7 cm³/mol. The summed E-state index contributed by atoms with van der Waals surface area (Å²) >= 11 is 5.50. The minimum absolute atomic E-state index is 0.217. The quantitative estimate of drug-likeness (QED) is 0.314. The van der Waals surface area contributed by atoms with Crippen molar-refractivity contribution in [3.8, 4) is 0 Å². The van der Waals surface area contributed by atoms with Crippen LogP contribution in [0, 0.1) is 4.51 Å². The van der Waals surface area contributed by atoms with Crippen molar-refractivity contribution >= 4 is 40.1 Å². The summed E-state index contributed by atoms with van der Waals surface area (Å²) in [6.07, 6.45) is 0. The third kappa shape index (κ3) is 2.73. The molecule has 0 aliphatic rings. The van der Waals surface area contributed by atoms with Crippen LogP contribution in [0.25, 0.3) is 21.9 Å². The van der Waals surface area contributed by atoms with E-state index in [0.29, 0.717) is 23.3 Å². The highest BCUT2D eigenvalue weighted by Crippen LogP contribution is 2.26. The molecule has 0 unspecified atom stereocenters. The van der Waals surface area contributed by atoms with Gasteiger partial charge in [-0.25, -0.2) is 4.79 Å². The van der Waals surface area contributed by atoms with Crippen molar-refractivity contribution in [2.45, 2.75) is 0 Å². The van der Waals surface area contributed by atoms with Crippen LogP contribution in [0.5, 0.6) is 0 Å². The largest absolute Gasteiger partial charge is 0.460 e. The lowest BCUT2D eigenvalue weighted by molar-refractivity contribution is 0.0388. The number of carbonyl (C=O) groups excluding carboxylic acids is 1. The minimum Gasteiger partial charge on any atom is -0.460 e. The van der Waals surface area contributed by atoms with Crippen LogP contribution in [0.4, 0.5) is 0 Å². The zero-order valence-electron chi connectivity index (χ0n) is 12.0. The molecule has 0 atom stereocenters. The molecule has 0 aliphatic carbocycles. The molecule has 2 aromatic carbocycles. The summed E-state index contributed by atoms with van der Waals surface area (Å²) in [5, 5.41) is 1.70. The van der Waals surface area contributed by atoms with Crippen LogP contribution in [0.2, 0.25) is 0 Å². The Balaban J connectivity index is 2.04. The van der Waals surface area contributed by atoms with Crippen molar-refractivity contribution in [3.63, 3.8) is 0 Å². The molecule has 0 saturated carbocycles. The van der Waals surface area contributed by atoms with Gasteiger partial charge in [0.25, 0.3) is 0 Å². The van der Waals surface area contributed by atoms with Gasteiger partial charge in [0.05, 0.1) is 16.7 Å². The molecule has 1 heterocycles. The van der Waals surface area contributed by atoms with Gasteiger partial charge >= 0.3 is 5.97 Å². The maximum Gasteiger partial charge on any atom is 0.338 e. The molecule has 0 amide bonds.